The first-order valence-corrected chi connectivity index (χ1v) is 16.1. The summed E-state index contributed by atoms with van der Waals surface area (Å²) in [7, 11) is 1.60. The van der Waals surface area contributed by atoms with E-state index in [1.807, 2.05) is 60.7 Å². The molecule has 1 heterocycles. The number of hydrogen-bond donors (Lipinski definition) is 1. The van der Waals surface area contributed by atoms with Gasteiger partial charge in [-0.05, 0) is 94.6 Å². The number of rotatable bonds is 8. The Hall–Kier alpha value is -3.68. The molecule has 0 saturated carbocycles. The molecular formula is C35H34IN3O3S. The SMILES string of the molecule is COc1cc(C=Nc2sc3c(c2C(=O)Nc2ccccc2)CC[C@@H](C(C)(C)C)C3)cc(I)c1OCc1ccccc1C#N. The first-order valence-electron chi connectivity index (χ1n) is 14.2. The van der Waals surface area contributed by atoms with Gasteiger partial charge in [-0.2, -0.15) is 5.26 Å². The number of halogens is 1. The molecule has 0 spiro atoms. The fourth-order valence-corrected chi connectivity index (χ4v) is 7.39. The fourth-order valence-electron chi connectivity index (χ4n) is 5.34. The van der Waals surface area contributed by atoms with Crippen molar-refractivity contribution >= 4 is 56.7 Å². The summed E-state index contributed by atoms with van der Waals surface area (Å²) in [6.07, 6.45) is 4.67. The highest BCUT2D eigenvalue weighted by atomic mass is 127. The highest BCUT2D eigenvalue weighted by molar-refractivity contribution is 14.1. The number of fused-ring (bicyclic) bond motifs is 1. The summed E-state index contributed by atoms with van der Waals surface area (Å²) in [6, 6.07) is 23.0. The number of nitrogens with zero attached hydrogens (tertiary/aromatic N) is 2. The topological polar surface area (TPSA) is 83.7 Å². The van der Waals surface area contributed by atoms with Crippen LogP contribution in [0.25, 0.3) is 0 Å². The van der Waals surface area contributed by atoms with E-state index in [0.29, 0.717) is 28.5 Å². The molecule has 0 bridgehead atoms. The summed E-state index contributed by atoms with van der Waals surface area (Å²) in [5.74, 6) is 1.61. The standard InChI is InChI=1S/C35H34IN3O3S/c1-35(2,3)25-14-15-27-30(18-25)43-34(31(27)33(40)39-26-12-6-5-7-13-26)38-20-22-16-28(36)32(29(17-22)41-4)42-21-24-11-9-8-10-23(24)19-37/h5-13,16-17,20,25H,14-15,18,21H2,1-4H3,(H,39,40)/t25-/m1/s1. The second-order valence-corrected chi connectivity index (χ2v) is 13.9. The normalized spacial score (nSPS) is 14.7. The maximum absolute atomic E-state index is 13.7. The van der Waals surface area contributed by atoms with Gasteiger partial charge in [0.2, 0.25) is 0 Å². The van der Waals surface area contributed by atoms with E-state index in [-0.39, 0.29) is 17.9 Å². The van der Waals surface area contributed by atoms with Crippen LogP contribution < -0.4 is 14.8 Å². The Bertz CT molecular complexity index is 1700. The van der Waals surface area contributed by atoms with E-state index in [1.54, 1.807) is 30.7 Å². The quantitative estimate of drug-likeness (QED) is 0.147. The largest absolute Gasteiger partial charge is 0.493 e. The molecule has 4 aromatic rings. The molecule has 1 N–H and O–H groups in total. The number of nitriles is 1. The molecular weight excluding hydrogens is 669 g/mol. The Balaban J connectivity index is 1.45. The van der Waals surface area contributed by atoms with Crippen LogP contribution in [0.2, 0.25) is 0 Å². The maximum Gasteiger partial charge on any atom is 0.259 e. The Kier molecular flexibility index (Phi) is 9.52. The number of thiophene rings is 1. The van der Waals surface area contributed by atoms with E-state index in [9.17, 15) is 10.1 Å². The van der Waals surface area contributed by atoms with Crippen LogP contribution in [0.4, 0.5) is 10.7 Å². The predicted octanol–water partition coefficient (Wildman–Crippen LogP) is 8.97. The molecule has 5 rings (SSSR count). The van der Waals surface area contributed by atoms with Crippen LogP contribution in [0.5, 0.6) is 11.5 Å². The van der Waals surface area contributed by atoms with Gasteiger partial charge in [0.05, 0.1) is 27.9 Å². The van der Waals surface area contributed by atoms with Crippen molar-refractivity contribution in [3.63, 3.8) is 0 Å². The number of carbonyl (C=O) groups excluding carboxylic acids is 1. The molecule has 0 unspecified atom stereocenters. The van der Waals surface area contributed by atoms with Gasteiger partial charge >= 0.3 is 0 Å². The van der Waals surface area contributed by atoms with Crippen molar-refractivity contribution in [3.8, 4) is 17.6 Å². The van der Waals surface area contributed by atoms with Crippen molar-refractivity contribution in [3.05, 3.63) is 103 Å². The molecule has 220 valence electrons. The maximum atomic E-state index is 13.7. The second-order valence-electron chi connectivity index (χ2n) is 11.7. The first kappa shape index (κ1) is 30.8. The van der Waals surface area contributed by atoms with Gasteiger partial charge in [0.15, 0.2) is 11.5 Å². The first-order chi connectivity index (χ1) is 20.7. The minimum absolute atomic E-state index is 0.126. The molecule has 0 saturated heterocycles. The molecule has 8 heteroatoms. The minimum Gasteiger partial charge on any atom is -0.493 e. The Morgan fingerprint density at radius 1 is 1.16 bits per heavy atom. The number of methoxy groups -OCH3 is 1. The number of aliphatic imine (C=N–C) groups is 1. The Morgan fingerprint density at radius 3 is 2.63 bits per heavy atom. The van der Waals surface area contributed by atoms with E-state index in [4.69, 9.17) is 14.5 Å². The van der Waals surface area contributed by atoms with Gasteiger partial charge < -0.3 is 14.8 Å². The Morgan fingerprint density at radius 2 is 1.91 bits per heavy atom. The third kappa shape index (κ3) is 7.11. The smallest absolute Gasteiger partial charge is 0.259 e. The summed E-state index contributed by atoms with van der Waals surface area (Å²) < 4.78 is 12.7. The van der Waals surface area contributed by atoms with Crippen LogP contribution in [-0.2, 0) is 19.4 Å². The van der Waals surface area contributed by atoms with Gasteiger partial charge in [0.1, 0.15) is 11.6 Å². The van der Waals surface area contributed by atoms with Crippen molar-refractivity contribution < 1.29 is 14.3 Å². The van der Waals surface area contributed by atoms with Gasteiger partial charge in [-0.3, -0.25) is 4.79 Å². The zero-order chi connectivity index (χ0) is 30.6. The van der Waals surface area contributed by atoms with E-state index in [0.717, 1.165) is 50.2 Å². The summed E-state index contributed by atoms with van der Waals surface area (Å²) in [4.78, 5) is 19.8. The number of benzene rings is 3. The minimum atomic E-state index is -0.126. The van der Waals surface area contributed by atoms with Crippen molar-refractivity contribution in [1.82, 2.24) is 0 Å². The number of amides is 1. The van der Waals surface area contributed by atoms with Gasteiger partial charge in [-0.15, -0.1) is 11.3 Å². The second kappa shape index (κ2) is 13.3. The molecule has 0 aliphatic heterocycles. The number of para-hydroxylation sites is 1. The summed E-state index contributed by atoms with van der Waals surface area (Å²) in [5.41, 5.74) is 4.98. The fraction of sp³-hybridized carbons (Fsp3) is 0.286. The number of nitrogens with one attached hydrogen (secondary N) is 1. The van der Waals surface area contributed by atoms with Gasteiger partial charge in [0.25, 0.3) is 5.91 Å². The molecule has 1 aromatic heterocycles. The summed E-state index contributed by atoms with van der Waals surface area (Å²) >= 11 is 3.85. The van der Waals surface area contributed by atoms with E-state index < -0.39 is 0 Å². The molecule has 1 aliphatic rings. The zero-order valence-electron chi connectivity index (χ0n) is 24.7. The van der Waals surface area contributed by atoms with Crippen LogP contribution in [-0.4, -0.2) is 19.2 Å². The van der Waals surface area contributed by atoms with Crippen molar-refractivity contribution in [2.75, 3.05) is 12.4 Å². The number of carbonyl (C=O) groups is 1. The number of ether oxygens (including phenoxy) is 2. The van der Waals surface area contributed by atoms with Crippen molar-refractivity contribution in [2.45, 2.75) is 46.6 Å². The van der Waals surface area contributed by atoms with Gasteiger partial charge in [-0.25, -0.2) is 4.99 Å². The highest BCUT2D eigenvalue weighted by Gasteiger charge is 2.33. The molecule has 0 radical (unpaired) electrons. The van der Waals surface area contributed by atoms with Gasteiger partial charge in [-0.1, -0.05) is 57.2 Å². The Labute approximate surface area is 270 Å². The number of hydrogen-bond acceptors (Lipinski definition) is 6. The summed E-state index contributed by atoms with van der Waals surface area (Å²) in [6.45, 7) is 7.13. The van der Waals surface area contributed by atoms with Crippen LogP contribution in [0.1, 0.15) is 64.7 Å². The lowest BCUT2D eigenvalue weighted by Crippen LogP contribution is -2.27. The third-order valence-corrected chi connectivity index (χ3v) is 9.79. The molecule has 0 fully saturated rings. The number of anilines is 1. The van der Waals surface area contributed by atoms with E-state index in [1.165, 1.54) is 4.88 Å². The van der Waals surface area contributed by atoms with Crippen LogP contribution in [0.15, 0.2) is 71.7 Å². The van der Waals surface area contributed by atoms with Crippen LogP contribution in [0.3, 0.4) is 0 Å². The lowest BCUT2D eigenvalue weighted by Gasteiger charge is -2.33. The molecule has 3 aromatic carbocycles. The van der Waals surface area contributed by atoms with Crippen LogP contribution in [0, 0.1) is 26.2 Å². The van der Waals surface area contributed by atoms with Gasteiger partial charge in [0, 0.05) is 22.3 Å². The molecule has 1 aliphatic carbocycles. The predicted molar refractivity (Wildman–Crippen MR) is 182 cm³/mol. The van der Waals surface area contributed by atoms with Crippen molar-refractivity contribution in [2.24, 2.45) is 16.3 Å². The third-order valence-electron chi connectivity index (χ3n) is 7.82. The van der Waals surface area contributed by atoms with Crippen molar-refractivity contribution in [1.29, 1.82) is 5.26 Å². The average Bonchev–Trinajstić information content (AvgIpc) is 3.37. The summed E-state index contributed by atoms with van der Waals surface area (Å²) in [5, 5.41) is 13.2. The highest BCUT2D eigenvalue weighted by Crippen LogP contribution is 2.45. The molecule has 1 amide bonds. The molecule has 1 atom stereocenters. The molecule has 43 heavy (non-hydrogen) atoms. The van der Waals surface area contributed by atoms with Crippen LogP contribution >= 0.6 is 33.9 Å². The monoisotopic (exact) mass is 703 g/mol. The average molecular weight is 704 g/mol. The zero-order valence-corrected chi connectivity index (χ0v) is 27.7. The van der Waals surface area contributed by atoms with E-state index >= 15 is 0 Å². The molecule has 6 nitrogen and oxygen atoms in total. The lowest BCUT2D eigenvalue weighted by atomic mass is 9.72. The van der Waals surface area contributed by atoms with E-state index in [2.05, 4.69) is 54.7 Å². The lowest BCUT2D eigenvalue weighted by molar-refractivity contribution is 0.102.